The molecule has 11 rings (SSSR count). The summed E-state index contributed by atoms with van der Waals surface area (Å²) in [6.07, 6.45) is 3.62. The van der Waals surface area contributed by atoms with Gasteiger partial charge in [-0.05, 0) is 104 Å². The molecule has 0 saturated carbocycles. The second-order valence-electron chi connectivity index (χ2n) is 15.1. The zero-order valence-corrected chi connectivity index (χ0v) is 33.0. The summed E-state index contributed by atoms with van der Waals surface area (Å²) in [7, 11) is 0. The van der Waals surface area contributed by atoms with Crippen LogP contribution in [0.15, 0.2) is 223 Å². The van der Waals surface area contributed by atoms with E-state index in [0.29, 0.717) is 17.5 Å². The Hall–Kier alpha value is -8.28. The molecule has 61 heavy (non-hydrogen) atoms. The monoisotopic (exact) mass is 780 g/mol. The van der Waals surface area contributed by atoms with Gasteiger partial charge in [0.2, 0.25) is 0 Å². The van der Waals surface area contributed by atoms with Crippen molar-refractivity contribution < 1.29 is 4.42 Å². The number of aromatic nitrogens is 4. The topological polar surface area (TPSA) is 64.7 Å². The minimum atomic E-state index is 0.559. The van der Waals surface area contributed by atoms with Crippen molar-refractivity contribution in [3.8, 4) is 89.8 Å². The van der Waals surface area contributed by atoms with E-state index >= 15 is 0 Å². The summed E-state index contributed by atoms with van der Waals surface area (Å²) in [6.45, 7) is 0. The largest absolute Gasteiger partial charge is 0.456 e. The van der Waals surface area contributed by atoms with E-state index in [0.717, 1.165) is 83.1 Å². The van der Waals surface area contributed by atoms with Crippen LogP contribution < -0.4 is 0 Å². The zero-order valence-electron chi connectivity index (χ0n) is 33.0. The molecular formula is C56H36N4O. The lowest BCUT2D eigenvalue weighted by Gasteiger charge is -2.13. The molecule has 0 bridgehead atoms. The van der Waals surface area contributed by atoms with Gasteiger partial charge in [-0.1, -0.05) is 158 Å². The Morgan fingerprint density at radius 3 is 1.31 bits per heavy atom. The minimum Gasteiger partial charge on any atom is -0.456 e. The maximum absolute atomic E-state index is 6.61. The highest BCUT2D eigenvalue weighted by molar-refractivity contribution is 6.13. The van der Waals surface area contributed by atoms with Crippen molar-refractivity contribution in [2.24, 2.45) is 0 Å². The molecule has 0 aliphatic rings. The lowest BCUT2D eigenvalue weighted by molar-refractivity contribution is 0.669. The van der Waals surface area contributed by atoms with Crippen LogP contribution in [-0.4, -0.2) is 19.9 Å². The predicted octanol–water partition coefficient (Wildman–Crippen LogP) is 14.5. The highest BCUT2D eigenvalue weighted by Crippen LogP contribution is 2.39. The Labute approximate surface area is 353 Å². The number of hydrogen-bond donors (Lipinski definition) is 0. The van der Waals surface area contributed by atoms with E-state index in [1.165, 1.54) is 11.1 Å². The molecule has 0 amide bonds. The molecule has 5 nitrogen and oxygen atoms in total. The minimum absolute atomic E-state index is 0.559. The third kappa shape index (κ3) is 7.04. The van der Waals surface area contributed by atoms with Crippen LogP contribution in [0.5, 0.6) is 0 Å². The first-order valence-electron chi connectivity index (χ1n) is 20.3. The predicted molar refractivity (Wildman–Crippen MR) is 248 cm³/mol. The second-order valence-corrected chi connectivity index (χ2v) is 15.1. The Morgan fingerprint density at radius 1 is 0.279 bits per heavy atom. The molecule has 0 saturated heterocycles. The molecular weight excluding hydrogens is 745 g/mol. The van der Waals surface area contributed by atoms with Crippen molar-refractivity contribution in [1.82, 2.24) is 19.9 Å². The number of rotatable bonds is 8. The van der Waals surface area contributed by atoms with Crippen molar-refractivity contribution in [2.45, 2.75) is 0 Å². The molecule has 0 atom stereocenters. The van der Waals surface area contributed by atoms with Gasteiger partial charge in [0.1, 0.15) is 11.2 Å². The number of nitrogens with zero attached hydrogens (tertiary/aromatic N) is 4. The maximum atomic E-state index is 6.61. The van der Waals surface area contributed by atoms with Crippen LogP contribution in [0.1, 0.15) is 0 Å². The lowest BCUT2D eigenvalue weighted by Crippen LogP contribution is -2.00. The molecule has 0 aliphatic heterocycles. The van der Waals surface area contributed by atoms with Crippen molar-refractivity contribution in [3.05, 3.63) is 219 Å². The first-order valence-corrected chi connectivity index (χ1v) is 20.3. The molecule has 286 valence electrons. The van der Waals surface area contributed by atoms with Gasteiger partial charge in [0, 0.05) is 39.9 Å². The van der Waals surface area contributed by atoms with Gasteiger partial charge in [-0.15, -0.1) is 0 Å². The van der Waals surface area contributed by atoms with Gasteiger partial charge < -0.3 is 4.42 Å². The summed E-state index contributed by atoms with van der Waals surface area (Å²) in [5.74, 6) is 1.72. The third-order valence-electron chi connectivity index (χ3n) is 11.3. The number of fused-ring (bicyclic) bond motifs is 3. The summed E-state index contributed by atoms with van der Waals surface area (Å²) in [5, 5.41) is 2.11. The van der Waals surface area contributed by atoms with Crippen LogP contribution in [0.4, 0.5) is 0 Å². The van der Waals surface area contributed by atoms with E-state index in [2.05, 4.69) is 175 Å². The quantitative estimate of drug-likeness (QED) is 0.154. The third-order valence-corrected chi connectivity index (χ3v) is 11.3. The van der Waals surface area contributed by atoms with E-state index in [-0.39, 0.29) is 0 Å². The van der Waals surface area contributed by atoms with Crippen molar-refractivity contribution >= 4 is 21.9 Å². The van der Waals surface area contributed by atoms with Gasteiger partial charge in [-0.25, -0.2) is 15.0 Å². The van der Waals surface area contributed by atoms with E-state index in [4.69, 9.17) is 19.4 Å². The van der Waals surface area contributed by atoms with Crippen LogP contribution in [0.2, 0.25) is 0 Å². The Bertz CT molecular complexity index is 3250. The lowest BCUT2D eigenvalue weighted by atomic mass is 9.95. The van der Waals surface area contributed by atoms with Gasteiger partial charge in [0.05, 0.1) is 0 Å². The molecule has 5 heteroatoms. The fourth-order valence-electron chi connectivity index (χ4n) is 8.15. The fraction of sp³-hybridized carbons (Fsp3) is 0. The zero-order chi connectivity index (χ0) is 40.5. The average molecular weight is 781 g/mol. The molecule has 0 unspecified atom stereocenters. The first kappa shape index (κ1) is 35.8. The first-order chi connectivity index (χ1) is 30.2. The van der Waals surface area contributed by atoms with Gasteiger partial charge in [-0.3, -0.25) is 4.98 Å². The van der Waals surface area contributed by atoms with E-state index in [1.807, 2.05) is 48.8 Å². The molecule has 3 heterocycles. The second kappa shape index (κ2) is 15.5. The molecule has 0 fully saturated rings. The summed E-state index contributed by atoms with van der Waals surface area (Å²) < 4.78 is 6.61. The highest BCUT2D eigenvalue weighted by atomic mass is 16.3. The van der Waals surface area contributed by atoms with Gasteiger partial charge in [0.15, 0.2) is 17.5 Å². The van der Waals surface area contributed by atoms with E-state index < -0.39 is 0 Å². The summed E-state index contributed by atoms with van der Waals surface area (Å²) >= 11 is 0. The molecule has 0 N–H and O–H groups in total. The maximum Gasteiger partial charge on any atom is 0.164 e. The molecule has 8 aromatic carbocycles. The van der Waals surface area contributed by atoms with Crippen LogP contribution in [0, 0.1) is 0 Å². The molecule has 0 aliphatic carbocycles. The van der Waals surface area contributed by atoms with Crippen LogP contribution >= 0.6 is 0 Å². The van der Waals surface area contributed by atoms with E-state index in [9.17, 15) is 0 Å². The van der Waals surface area contributed by atoms with Crippen LogP contribution in [-0.2, 0) is 0 Å². The standard InChI is InChI=1S/C56H36N4O/c1-4-11-37(12-5-1)40-19-23-43(24-20-40)49-17-10-18-51-53(49)50-28-27-45(36-52(50)61-51)55-58-54(44-25-21-41(22-26-44)42-29-31-57-32-30-42)59-56(60-55)48-34-46(38-13-6-2-7-14-38)33-47(35-48)39-15-8-3-9-16-39/h1-36H. The van der Waals surface area contributed by atoms with Crippen LogP contribution in [0.25, 0.3) is 112 Å². The highest BCUT2D eigenvalue weighted by Gasteiger charge is 2.18. The van der Waals surface area contributed by atoms with Crippen LogP contribution in [0.3, 0.4) is 0 Å². The molecule has 0 radical (unpaired) electrons. The van der Waals surface area contributed by atoms with Gasteiger partial charge in [-0.2, -0.15) is 0 Å². The smallest absolute Gasteiger partial charge is 0.164 e. The number of hydrogen-bond acceptors (Lipinski definition) is 5. The summed E-state index contributed by atoms with van der Waals surface area (Å²) in [5.41, 5.74) is 15.4. The molecule has 0 spiro atoms. The van der Waals surface area contributed by atoms with Crippen molar-refractivity contribution in [1.29, 1.82) is 0 Å². The Kier molecular flexibility index (Phi) is 9.10. The van der Waals surface area contributed by atoms with Gasteiger partial charge >= 0.3 is 0 Å². The normalized spacial score (nSPS) is 11.3. The Morgan fingerprint density at radius 2 is 0.721 bits per heavy atom. The van der Waals surface area contributed by atoms with Crippen molar-refractivity contribution in [2.75, 3.05) is 0 Å². The summed E-state index contributed by atoms with van der Waals surface area (Å²) in [4.78, 5) is 19.7. The Balaban J connectivity index is 1.05. The number of pyridine rings is 1. The van der Waals surface area contributed by atoms with E-state index in [1.54, 1.807) is 0 Å². The molecule has 3 aromatic heterocycles. The molecule has 11 aromatic rings. The fourth-order valence-corrected chi connectivity index (χ4v) is 8.15. The van der Waals surface area contributed by atoms with Gasteiger partial charge in [0.25, 0.3) is 0 Å². The number of furan rings is 1. The van der Waals surface area contributed by atoms with Crippen molar-refractivity contribution in [3.63, 3.8) is 0 Å². The summed E-state index contributed by atoms with van der Waals surface area (Å²) in [6, 6.07) is 71.6. The average Bonchev–Trinajstić information content (AvgIpc) is 3.73. The SMILES string of the molecule is c1ccc(-c2ccc(-c3cccc4oc5cc(-c6nc(-c7ccc(-c8ccncc8)cc7)nc(-c7cc(-c8ccccc8)cc(-c8ccccc8)c7)n6)ccc5c34)cc2)cc1. The number of benzene rings is 8.